The summed E-state index contributed by atoms with van der Waals surface area (Å²) in [5.74, 6) is 0.622. The van der Waals surface area contributed by atoms with Gasteiger partial charge in [-0.1, -0.05) is 42.5 Å². The van der Waals surface area contributed by atoms with E-state index in [2.05, 4.69) is 5.32 Å². The van der Waals surface area contributed by atoms with Gasteiger partial charge in [0.25, 0.3) is 0 Å². The number of rotatable bonds is 7. The molecule has 4 nitrogen and oxygen atoms in total. The van der Waals surface area contributed by atoms with E-state index in [1.165, 1.54) is 0 Å². The molecule has 2 N–H and O–H groups in total. The highest BCUT2D eigenvalue weighted by molar-refractivity contribution is 5.77. The van der Waals surface area contributed by atoms with Crippen LogP contribution in [0.25, 0.3) is 0 Å². The first kappa shape index (κ1) is 18.0. The molecule has 0 fully saturated rings. The number of aliphatic hydroxyl groups is 1. The van der Waals surface area contributed by atoms with Crippen LogP contribution in [-0.2, 0) is 10.4 Å². The van der Waals surface area contributed by atoms with E-state index in [-0.39, 0.29) is 18.4 Å². The fraction of sp³-hybridized carbons (Fsp3) is 0.350. The Morgan fingerprint density at radius 3 is 2.38 bits per heavy atom. The lowest BCUT2D eigenvalue weighted by Crippen LogP contribution is -2.34. The molecule has 0 aliphatic rings. The Morgan fingerprint density at radius 2 is 1.79 bits per heavy atom. The quantitative estimate of drug-likeness (QED) is 0.817. The predicted octanol–water partition coefficient (Wildman–Crippen LogP) is 3.56. The molecule has 1 amide bonds. The molecule has 0 saturated heterocycles. The Kier molecular flexibility index (Phi) is 5.99. The molecule has 0 saturated carbocycles. The fourth-order valence-corrected chi connectivity index (χ4v) is 2.61. The largest absolute Gasteiger partial charge is 0.494 e. The molecule has 4 heteroatoms. The molecule has 0 spiro atoms. The maximum atomic E-state index is 12.3. The number of hydrogen-bond acceptors (Lipinski definition) is 3. The van der Waals surface area contributed by atoms with Gasteiger partial charge in [0.15, 0.2) is 0 Å². The van der Waals surface area contributed by atoms with Crippen LogP contribution in [0.5, 0.6) is 5.75 Å². The third-order valence-corrected chi connectivity index (χ3v) is 3.97. The Morgan fingerprint density at radius 1 is 1.17 bits per heavy atom. The van der Waals surface area contributed by atoms with Crippen LogP contribution in [0.1, 0.15) is 44.4 Å². The molecule has 0 radical (unpaired) electrons. The highest BCUT2D eigenvalue weighted by Gasteiger charge is 2.27. The van der Waals surface area contributed by atoms with Crippen LogP contribution in [0.3, 0.4) is 0 Å². The van der Waals surface area contributed by atoms with Crippen LogP contribution >= 0.6 is 0 Å². The number of carbonyl (C=O) groups excluding carboxylic acids is 1. The molecular formula is C20H25NO3. The lowest BCUT2D eigenvalue weighted by molar-refractivity contribution is -0.126. The van der Waals surface area contributed by atoms with Gasteiger partial charge < -0.3 is 15.2 Å². The van der Waals surface area contributed by atoms with Gasteiger partial charge in [0.2, 0.25) is 5.91 Å². The molecule has 0 bridgehead atoms. The van der Waals surface area contributed by atoms with Crippen LogP contribution < -0.4 is 10.1 Å². The summed E-state index contributed by atoms with van der Waals surface area (Å²) in [6.07, 6.45) is 0.0123. The normalized spacial score (nSPS) is 14.5. The molecule has 2 aromatic rings. The summed E-state index contributed by atoms with van der Waals surface area (Å²) in [5, 5.41) is 13.5. The first-order valence-corrected chi connectivity index (χ1v) is 8.22. The topological polar surface area (TPSA) is 58.6 Å². The maximum Gasteiger partial charge on any atom is 0.223 e. The molecule has 0 heterocycles. The zero-order chi connectivity index (χ0) is 17.6. The van der Waals surface area contributed by atoms with Gasteiger partial charge in [0.05, 0.1) is 24.7 Å². The molecule has 128 valence electrons. The molecule has 24 heavy (non-hydrogen) atoms. The Bertz CT molecular complexity index is 650. The zero-order valence-electron chi connectivity index (χ0n) is 14.5. The van der Waals surface area contributed by atoms with Gasteiger partial charge in [0, 0.05) is 0 Å². The van der Waals surface area contributed by atoms with Crippen LogP contribution in [0.15, 0.2) is 54.6 Å². The molecule has 0 aliphatic heterocycles. The van der Waals surface area contributed by atoms with Gasteiger partial charge >= 0.3 is 0 Å². The lowest BCUT2D eigenvalue weighted by atomic mass is 9.92. The summed E-state index contributed by atoms with van der Waals surface area (Å²) < 4.78 is 5.42. The standard InChI is InChI=1S/C20H25NO3/c1-4-24-18-12-10-16(11-13-18)15(2)21-19(22)14-20(3,23)17-8-6-5-7-9-17/h5-13,15,23H,4,14H2,1-3H3,(H,21,22). The third-order valence-electron chi connectivity index (χ3n) is 3.97. The molecule has 2 atom stereocenters. The van der Waals surface area contributed by atoms with Gasteiger partial charge in [-0.25, -0.2) is 0 Å². The average molecular weight is 327 g/mol. The predicted molar refractivity (Wildman–Crippen MR) is 94.8 cm³/mol. The Labute approximate surface area is 143 Å². The first-order chi connectivity index (χ1) is 11.4. The SMILES string of the molecule is CCOc1ccc(C(C)NC(=O)CC(C)(O)c2ccccc2)cc1. The van der Waals surface area contributed by atoms with Gasteiger partial charge in [-0.05, 0) is 44.0 Å². The number of benzene rings is 2. The third kappa shape index (κ3) is 4.83. The highest BCUT2D eigenvalue weighted by Crippen LogP contribution is 2.25. The van der Waals surface area contributed by atoms with Crippen LogP contribution in [0, 0.1) is 0 Å². The smallest absolute Gasteiger partial charge is 0.223 e. The van der Waals surface area contributed by atoms with Gasteiger partial charge in [-0.2, -0.15) is 0 Å². The maximum absolute atomic E-state index is 12.3. The van der Waals surface area contributed by atoms with E-state index >= 15 is 0 Å². The second kappa shape index (κ2) is 7.97. The van der Waals surface area contributed by atoms with Crippen molar-refractivity contribution in [3.05, 3.63) is 65.7 Å². The Balaban J connectivity index is 1.96. The summed E-state index contributed by atoms with van der Waals surface area (Å²) >= 11 is 0. The zero-order valence-corrected chi connectivity index (χ0v) is 14.5. The minimum atomic E-state index is -1.19. The summed E-state index contributed by atoms with van der Waals surface area (Å²) in [6.45, 7) is 6.14. The monoisotopic (exact) mass is 327 g/mol. The average Bonchev–Trinajstić information content (AvgIpc) is 2.56. The second-order valence-corrected chi connectivity index (χ2v) is 6.11. The Hall–Kier alpha value is -2.33. The van der Waals surface area contributed by atoms with Crippen molar-refractivity contribution >= 4 is 5.91 Å². The van der Waals surface area contributed by atoms with Gasteiger partial charge in [-0.15, -0.1) is 0 Å². The number of ether oxygens (including phenoxy) is 1. The number of hydrogen-bond donors (Lipinski definition) is 2. The number of nitrogens with one attached hydrogen (secondary N) is 1. The van der Waals surface area contributed by atoms with Crippen LogP contribution in [0.2, 0.25) is 0 Å². The molecular weight excluding hydrogens is 302 g/mol. The van der Waals surface area contributed by atoms with Crippen molar-refractivity contribution in [1.82, 2.24) is 5.32 Å². The fourth-order valence-electron chi connectivity index (χ4n) is 2.61. The van der Waals surface area contributed by atoms with Crippen molar-refractivity contribution in [3.63, 3.8) is 0 Å². The molecule has 2 unspecified atom stereocenters. The van der Waals surface area contributed by atoms with E-state index in [0.717, 1.165) is 16.9 Å². The minimum Gasteiger partial charge on any atom is -0.494 e. The van der Waals surface area contributed by atoms with E-state index in [4.69, 9.17) is 4.74 Å². The van der Waals surface area contributed by atoms with Crippen LogP contribution in [-0.4, -0.2) is 17.6 Å². The summed E-state index contributed by atoms with van der Waals surface area (Å²) in [6, 6.07) is 16.7. The summed E-state index contributed by atoms with van der Waals surface area (Å²) in [4.78, 5) is 12.3. The van der Waals surface area contributed by atoms with E-state index in [9.17, 15) is 9.90 Å². The van der Waals surface area contributed by atoms with Crippen molar-refractivity contribution < 1.29 is 14.6 Å². The number of carbonyl (C=O) groups is 1. The number of amides is 1. The minimum absolute atomic E-state index is 0.0123. The van der Waals surface area contributed by atoms with Crippen LogP contribution in [0.4, 0.5) is 0 Å². The van der Waals surface area contributed by atoms with E-state index < -0.39 is 5.60 Å². The van der Waals surface area contributed by atoms with Crippen molar-refractivity contribution in [3.8, 4) is 5.75 Å². The lowest BCUT2D eigenvalue weighted by Gasteiger charge is -2.24. The molecule has 0 aliphatic carbocycles. The van der Waals surface area contributed by atoms with E-state index in [1.54, 1.807) is 6.92 Å². The van der Waals surface area contributed by atoms with Crippen molar-refractivity contribution in [2.24, 2.45) is 0 Å². The second-order valence-electron chi connectivity index (χ2n) is 6.11. The summed E-state index contributed by atoms with van der Waals surface area (Å²) in [7, 11) is 0. The van der Waals surface area contributed by atoms with Gasteiger partial charge in [-0.3, -0.25) is 4.79 Å². The first-order valence-electron chi connectivity index (χ1n) is 8.22. The highest BCUT2D eigenvalue weighted by atomic mass is 16.5. The molecule has 2 rings (SSSR count). The summed E-state index contributed by atoms with van der Waals surface area (Å²) in [5.41, 5.74) is 0.532. The van der Waals surface area contributed by atoms with Crippen molar-refractivity contribution in [1.29, 1.82) is 0 Å². The van der Waals surface area contributed by atoms with E-state index in [0.29, 0.717) is 6.61 Å². The van der Waals surface area contributed by atoms with Crippen molar-refractivity contribution in [2.45, 2.75) is 38.8 Å². The van der Waals surface area contributed by atoms with Gasteiger partial charge in [0.1, 0.15) is 5.75 Å². The van der Waals surface area contributed by atoms with E-state index in [1.807, 2.05) is 68.4 Å². The molecule has 0 aromatic heterocycles. The molecule has 2 aromatic carbocycles. The van der Waals surface area contributed by atoms with Crippen molar-refractivity contribution in [2.75, 3.05) is 6.61 Å².